The number of rotatable bonds is 4. The number of aromatic nitrogens is 2. The number of piperidine rings is 1. The number of alkyl halides is 3. The van der Waals surface area contributed by atoms with Gasteiger partial charge in [-0.15, -0.1) is 0 Å². The van der Waals surface area contributed by atoms with Gasteiger partial charge in [-0.2, -0.15) is 5.10 Å². The van der Waals surface area contributed by atoms with Gasteiger partial charge in [-0.1, -0.05) is 11.8 Å². The topological polar surface area (TPSA) is 21.1 Å². The molecule has 0 bridgehead atoms. The highest BCUT2D eigenvalue weighted by Crippen LogP contribution is 2.37. The first kappa shape index (κ1) is 14.7. The molecule has 0 amide bonds. The van der Waals surface area contributed by atoms with E-state index in [1.165, 1.54) is 10.9 Å². The zero-order chi connectivity index (χ0) is 14.0. The van der Waals surface area contributed by atoms with Crippen LogP contribution in [0.5, 0.6) is 0 Å². The highest BCUT2D eigenvalue weighted by molar-refractivity contribution is 7.99. The number of aryl methyl sites for hydroxylation is 1. The SMILES string of the molecule is CN1CCC(C(F)Sc2cn(C)nc2C(F)F)CC1. The monoisotopic (exact) mass is 293 g/mol. The average Bonchev–Trinajstić information content (AvgIpc) is 2.71. The molecule has 1 atom stereocenters. The molecular weight excluding hydrogens is 275 g/mol. The third kappa shape index (κ3) is 3.66. The molecule has 1 aromatic heterocycles. The van der Waals surface area contributed by atoms with E-state index >= 15 is 0 Å². The number of likely N-dealkylation sites (tertiary alicyclic amines) is 1. The summed E-state index contributed by atoms with van der Waals surface area (Å²) in [5, 5.41) is 3.69. The fourth-order valence-electron chi connectivity index (χ4n) is 2.23. The maximum Gasteiger partial charge on any atom is 0.283 e. The van der Waals surface area contributed by atoms with Gasteiger partial charge in [0.15, 0.2) is 5.50 Å². The molecule has 0 N–H and O–H groups in total. The molecular formula is C12H18F3N3S. The smallest absolute Gasteiger partial charge is 0.283 e. The lowest BCUT2D eigenvalue weighted by molar-refractivity contribution is 0.142. The van der Waals surface area contributed by atoms with Gasteiger partial charge >= 0.3 is 0 Å². The molecule has 19 heavy (non-hydrogen) atoms. The molecule has 7 heteroatoms. The quantitative estimate of drug-likeness (QED) is 0.796. The Balaban J connectivity index is 2.00. The zero-order valence-corrected chi connectivity index (χ0v) is 11.8. The highest BCUT2D eigenvalue weighted by atomic mass is 32.2. The lowest BCUT2D eigenvalue weighted by atomic mass is 9.99. The van der Waals surface area contributed by atoms with Crippen molar-refractivity contribution in [1.29, 1.82) is 0 Å². The second-order valence-electron chi connectivity index (χ2n) is 4.96. The first-order valence-electron chi connectivity index (χ1n) is 6.28. The van der Waals surface area contributed by atoms with Crippen LogP contribution in [-0.2, 0) is 7.05 Å². The summed E-state index contributed by atoms with van der Waals surface area (Å²) in [5.74, 6) is -0.0630. The molecule has 0 saturated carbocycles. The third-order valence-corrected chi connectivity index (χ3v) is 4.58. The summed E-state index contributed by atoms with van der Waals surface area (Å²) in [6.45, 7) is 1.72. The summed E-state index contributed by atoms with van der Waals surface area (Å²) in [6.07, 6.45) is 0.353. The lowest BCUT2D eigenvalue weighted by Gasteiger charge is -2.30. The van der Waals surface area contributed by atoms with Crippen LogP contribution in [0.1, 0.15) is 25.0 Å². The number of hydrogen-bond donors (Lipinski definition) is 0. The minimum atomic E-state index is -2.66. The van der Waals surface area contributed by atoms with Crippen LogP contribution >= 0.6 is 11.8 Å². The van der Waals surface area contributed by atoms with Crippen molar-refractivity contribution >= 4 is 11.8 Å². The van der Waals surface area contributed by atoms with Crippen molar-refractivity contribution in [2.75, 3.05) is 20.1 Å². The van der Waals surface area contributed by atoms with Crippen LogP contribution in [0.4, 0.5) is 13.2 Å². The lowest BCUT2D eigenvalue weighted by Crippen LogP contribution is -2.33. The fourth-order valence-corrected chi connectivity index (χ4v) is 3.41. The van der Waals surface area contributed by atoms with E-state index in [1.807, 2.05) is 7.05 Å². The van der Waals surface area contributed by atoms with Crippen molar-refractivity contribution in [1.82, 2.24) is 14.7 Å². The summed E-state index contributed by atoms with van der Waals surface area (Å²) in [4.78, 5) is 2.41. The number of nitrogens with zero attached hydrogens (tertiary/aromatic N) is 3. The standard InChI is InChI=1S/C12H18F3N3S/c1-17-5-3-8(4-6-17)12(15)19-9-7-18(2)16-10(9)11(13)14/h7-8,11-12H,3-6H2,1-2H3. The summed E-state index contributed by atoms with van der Waals surface area (Å²) >= 11 is 0.879. The molecule has 1 aliphatic heterocycles. The van der Waals surface area contributed by atoms with Crippen molar-refractivity contribution in [3.63, 3.8) is 0 Å². The molecule has 1 aromatic rings. The van der Waals surface area contributed by atoms with Crippen molar-refractivity contribution in [3.05, 3.63) is 11.9 Å². The first-order chi connectivity index (χ1) is 8.97. The van der Waals surface area contributed by atoms with E-state index in [0.717, 1.165) is 37.7 Å². The maximum absolute atomic E-state index is 14.2. The van der Waals surface area contributed by atoms with Gasteiger partial charge in [0.25, 0.3) is 6.43 Å². The van der Waals surface area contributed by atoms with E-state index in [2.05, 4.69) is 10.00 Å². The van der Waals surface area contributed by atoms with E-state index in [1.54, 1.807) is 7.05 Å². The Morgan fingerprint density at radius 2 is 1.89 bits per heavy atom. The van der Waals surface area contributed by atoms with Gasteiger partial charge in [-0.3, -0.25) is 4.68 Å². The highest BCUT2D eigenvalue weighted by Gasteiger charge is 2.28. The molecule has 0 aromatic carbocycles. The van der Waals surface area contributed by atoms with Crippen LogP contribution in [0.25, 0.3) is 0 Å². The molecule has 3 nitrogen and oxygen atoms in total. The maximum atomic E-state index is 14.2. The normalized spacial score (nSPS) is 20.1. The molecule has 0 aliphatic carbocycles. The predicted octanol–water partition coefficient (Wildman–Crippen LogP) is 3.09. The number of halogens is 3. The number of hydrogen-bond acceptors (Lipinski definition) is 3. The molecule has 2 rings (SSSR count). The van der Waals surface area contributed by atoms with Gasteiger partial charge in [-0.05, 0) is 33.0 Å². The van der Waals surface area contributed by atoms with Gasteiger partial charge in [0.05, 0.1) is 4.90 Å². The van der Waals surface area contributed by atoms with Crippen molar-refractivity contribution in [2.45, 2.75) is 29.7 Å². The Bertz CT molecular complexity index is 416. The van der Waals surface area contributed by atoms with Crippen LogP contribution in [-0.4, -0.2) is 40.3 Å². The third-order valence-electron chi connectivity index (χ3n) is 3.40. The number of thioether (sulfide) groups is 1. The molecule has 108 valence electrons. The second-order valence-corrected chi connectivity index (χ2v) is 6.09. The summed E-state index contributed by atoms with van der Waals surface area (Å²) < 4.78 is 41.1. The van der Waals surface area contributed by atoms with Gasteiger partial charge in [0.2, 0.25) is 0 Å². The summed E-state index contributed by atoms with van der Waals surface area (Å²) in [7, 11) is 3.57. The van der Waals surface area contributed by atoms with Crippen LogP contribution in [0.15, 0.2) is 11.1 Å². The predicted molar refractivity (Wildman–Crippen MR) is 69.1 cm³/mol. The van der Waals surface area contributed by atoms with Crippen molar-refractivity contribution in [3.8, 4) is 0 Å². The second kappa shape index (κ2) is 6.17. The molecule has 0 spiro atoms. The first-order valence-corrected chi connectivity index (χ1v) is 7.16. The Hall–Kier alpha value is -0.690. The average molecular weight is 293 g/mol. The fraction of sp³-hybridized carbons (Fsp3) is 0.750. The Morgan fingerprint density at radius 3 is 2.47 bits per heavy atom. The van der Waals surface area contributed by atoms with Crippen LogP contribution in [0.2, 0.25) is 0 Å². The van der Waals surface area contributed by atoms with Crippen LogP contribution in [0.3, 0.4) is 0 Å². The van der Waals surface area contributed by atoms with E-state index in [0.29, 0.717) is 0 Å². The van der Waals surface area contributed by atoms with Crippen LogP contribution < -0.4 is 0 Å². The van der Waals surface area contributed by atoms with Gasteiger partial charge in [-0.25, -0.2) is 13.2 Å². The van der Waals surface area contributed by atoms with Crippen molar-refractivity contribution < 1.29 is 13.2 Å². The Morgan fingerprint density at radius 1 is 1.26 bits per heavy atom. The zero-order valence-electron chi connectivity index (χ0n) is 11.0. The van der Waals surface area contributed by atoms with Gasteiger partial charge in [0.1, 0.15) is 5.69 Å². The molecule has 1 aliphatic rings. The van der Waals surface area contributed by atoms with E-state index < -0.39 is 11.9 Å². The Labute approximate surface area is 115 Å². The summed E-state index contributed by atoms with van der Waals surface area (Å²) in [6, 6.07) is 0. The molecule has 1 saturated heterocycles. The largest absolute Gasteiger partial charge is 0.306 e. The molecule has 1 fully saturated rings. The molecule has 0 radical (unpaired) electrons. The van der Waals surface area contributed by atoms with Crippen molar-refractivity contribution in [2.24, 2.45) is 13.0 Å². The molecule has 2 heterocycles. The van der Waals surface area contributed by atoms with Crippen LogP contribution in [0, 0.1) is 5.92 Å². The van der Waals surface area contributed by atoms with E-state index in [-0.39, 0.29) is 16.5 Å². The minimum absolute atomic E-state index is 0.0630. The van der Waals surface area contributed by atoms with E-state index in [4.69, 9.17) is 0 Å². The van der Waals surface area contributed by atoms with Gasteiger partial charge < -0.3 is 4.90 Å². The van der Waals surface area contributed by atoms with E-state index in [9.17, 15) is 13.2 Å². The van der Waals surface area contributed by atoms with Gasteiger partial charge in [0, 0.05) is 19.2 Å². The minimum Gasteiger partial charge on any atom is -0.306 e. The Kier molecular flexibility index (Phi) is 4.78. The summed E-state index contributed by atoms with van der Waals surface area (Å²) in [5.41, 5.74) is -1.46. The molecule has 1 unspecified atom stereocenters.